The number of fused-ring (bicyclic) bond motifs is 1. The van der Waals surface area contributed by atoms with Gasteiger partial charge in [-0.05, 0) is 43.2 Å². The highest BCUT2D eigenvalue weighted by atomic mass is 16.5. The fraction of sp³-hybridized carbons (Fsp3) is 0.188. The lowest BCUT2D eigenvalue weighted by Crippen LogP contribution is -2.05. The molecule has 1 aromatic carbocycles. The van der Waals surface area contributed by atoms with E-state index < -0.39 is 0 Å². The lowest BCUT2D eigenvalue weighted by Gasteiger charge is -2.15. The van der Waals surface area contributed by atoms with Gasteiger partial charge in [0.1, 0.15) is 12.4 Å². The topological polar surface area (TPSA) is 26.3 Å². The molecular formula is C16H16O2. The SMILES string of the molecule is CC(=O)/C=C(C)\C=C\C1=Cc2ccccc2OC1. The molecule has 0 bridgehead atoms. The Kier molecular flexibility index (Phi) is 3.78. The molecule has 0 radical (unpaired) electrons. The Morgan fingerprint density at radius 3 is 2.83 bits per heavy atom. The third-order valence-electron chi connectivity index (χ3n) is 2.65. The van der Waals surface area contributed by atoms with Gasteiger partial charge in [0.2, 0.25) is 0 Å². The third kappa shape index (κ3) is 3.20. The summed E-state index contributed by atoms with van der Waals surface area (Å²) in [5.74, 6) is 0.988. The lowest BCUT2D eigenvalue weighted by atomic mass is 10.1. The van der Waals surface area contributed by atoms with Gasteiger partial charge in [0.15, 0.2) is 5.78 Å². The standard InChI is InChI=1S/C16H16O2/c1-12(9-13(2)17)7-8-14-10-15-5-3-4-6-16(15)18-11-14/h3-10H,11H2,1-2H3/b8-7+,12-9-. The van der Waals surface area contributed by atoms with Crippen LogP contribution < -0.4 is 4.74 Å². The molecule has 1 aliphatic heterocycles. The van der Waals surface area contributed by atoms with E-state index >= 15 is 0 Å². The minimum absolute atomic E-state index is 0.0661. The zero-order chi connectivity index (χ0) is 13.0. The molecule has 0 atom stereocenters. The highest BCUT2D eigenvalue weighted by Crippen LogP contribution is 2.26. The minimum atomic E-state index is 0.0661. The first-order valence-electron chi connectivity index (χ1n) is 5.94. The van der Waals surface area contributed by atoms with Crippen LogP contribution in [0.5, 0.6) is 5.75 Å². The van der Waals surface area contributed by atoms with Gasteiger partial charge in [0, 0.05) is 5.56 Å². The second-order valence-electron chi connectivity index (χ2n) is 4.38. The molecule has 2 rings (SSSR count). The van der Waals surface area contributed by atoms with Crippen LogP contribution in [0.2, 0.25) is 0 Å². The Hall–Kier alpha value is -2.09. The molecular weight excluding hydrogens is 224 g/mol. The molecule has 0 saturated carbocycles. The molecule has 18 heavy (non-hydrogen) atoms. The Morgan fingerprint density at radius 2 is 2.06 bits per heavy atom. The first-order valence-corrected chi connectivity index (χ1v) is 5.94. The molecule has 0 saturated heterocycles. The van der Waals surface area contributed by atoms with E-state index in [0.717, 1.165) is 22.5 Å². The van der Waals surface area contributed by atoms with Gasteiger partial charge < -0.3 is 4.74 Å². The molecule has 2 nitrogen and oxygen atoms in total. The smallest absolute Gasteiger partial charge is 0.152 e. The van der Waals surface area contributed by atoms with E-state index in [1.807, 2.05) is 43.3 Å². The van der Waals surface area contributed by atoms with Crippen molar-refractivity contribution >= 4 is 11.9 Å². The number of carbonyl (C=O) groups is 1. The molecule has 92 valence electrons. The van der Waals surface area contributed by atoms with Crippen LogP contribution in [0.1, 0.15) is 19.4 Å². The fourth-order valence-corrected chi connectivity index (χ4v) is 1.84. The van der Waals surface area contributed by atoms with Gasteiger partial charge in [-0.15, -0.1) is 0 Å². The van der Waals surface area contributed by atoms with Gasteiger partial charge >= 0.3 is 0 Å². The quantitative estimate of drug-likeness (QED) is 0.596. The van der Waals surface area contributed by atoms with Crippen LogP contribution in [0.25, 0.3) is 6.08 Å². The van der Waals surface area contributed by atoms with Crippen LogP contribution in [0.15, 0.2) is 53.6 Å². The van der Waals surface area contributed by atoms with Crippen molar-refractivity contribution in [1.29, 1.82) is 0 Å². The van der Waals surface area contributed by atoms with Gasteiger partial charge in [-0.2, -0.15) is 0 Å². The Balaban J connectivity index is 2.15. The maximum atomic E-state index is 10.9. The number of carbonyl (C=O) groups excluding carboxylic acids is 1. The molecule has 0 amide bonds. The molecule has 0 spiro atoms. The normalized spacial score (nSPS) is 15.0. The van der Waals surface area contributed by atoms with E-state index in [-0.39, 0.29) is 5.78 Å². The number of hydrogen-bond acceptors (Lipinski definition) is 2. The van der Waals surface area contributed by atoms with Crippen molar-refractivity contribution in [3.8, 4) is 5.75 Å². The Labute approximate surface area is 107 Å². The summed E-state index contributed by atoms with van der Waals surface area (Å²) in [7, 11) is 0. The average molecular weight is 240 g/mol. The highest BCUT2D eigenvalue weighted by Gasteiger charge is 2.07. The first-order chi connectivity index (χ1) is 8.65. The second kappa shape index (κ2) is 5.50. The summed E-state index contributed by atoms with van der Waals surface area (Å²) in [6.07, 6.45) is 7.65. The van der Waals surface area contributed by atoms with Crippen molar-refractivity contribution in [3.05, 3.63) is 59.2 Å². The van der Waals surface area contributed by atoms with E-state index in [2.05, 4.69) is 6.08 Å². The zero-order valence-corrected chi connectivity index (χ0v) is 10.6. The lowest BCUT2D eigenvalue weighted by molar-refractivity contribution is -0.112. The number of hydrogen-bond donors (Lipinski definition) is 0. The maximum Gasteiger partial charge on any atom is 0.152 e. The van der Waals surface area contributed by atoms with Crippen LogP contribution in [-0.2, 0) is 4.79 Å². The number of ketones is 1. The summed E-state index contributed by atoms with van der Waals surface area (Å²) in [4.78, 5) is 10.9. The second-order valence-corrected chi connectivity index (χ2v) is 4.38. The molecule has 2 heteroatoms. The Morgan fingerprint density at radius 1 is 1.28 bits per heavy atom. The summed E-state index contributed by atoms with van der Waals surface area (Å²) in [6.45, 7) is 4.04. The largest absolute Gasteiger partial charge is 0.488 e. The summed E-state index contributed by atoms with van der Waals surface area (Å²) < 4.78 is 5.64. The molecule has 0 aromatic heterocycles. The molecule has 1 heterocycles. The van der Waals surface area contributed by atoms with Crippen molar-refractivity contribution in [1.82, 2.24) is 0 Å². The molecule has 0 fully saturated rings. The summed E-state index contributed by atoms with van der Waals surface area (Å²) in [5, 5.41) is 0. The zero-order valence-electron chi connectivity index (χ0n) is 10.6. The molecule has 0 unspecified atom stereocenters. The predicted octanol–water partition coefficient (Wildman–Crippen LogP) is 3.55. The van der Waals surface area contributed by atoms with E-state index in [4.69, 9.17) is 4.74 Å². The van der Waals surface area contributed by atoms with Crippen molar-refractivity contribution in [2.45, 2.75) is 13.8 Å². The van der Waals surface area contributed by atoms with Crippen molar-refractivity contribution in [2.24, 2.45) is 0 Å². The molecule has 0 aliphatic carbocycles. The summed E-state index contributed by atoms with van der Waals surface area (Å²) in [5.41, 5.74) is 3.14. The van der Waals surface area contributed by atoms with Crippen molar-refractivity contribution in [2.75, 3.05) is 6.61 Å². The Bertz CT molecular complexity index is 548. The van der Waals surface area contributed by atoms with Crippen LogP contribution in [0.3, 0.4) is 0 Å². The van der Waals surface area contributed by atoms with E-state index in [1.54, 1.807) is 13.0 Å². The van der Waals surface area contributed by atoms with Crippen LogP contribution in [0, 0.1) is 0 Å². The van der Waals surface area contributed by atoms with Crippen molar-refractivity contribution in [3.63, 3.8) is 0 Å². The summed E-state index contributed by atoms with van der Waals surface area (Å²) in [6, 6.07) is 7.95. The van der Waals surface area contributed by atoms with Crippen molar-refractivity contribution < 1.29 is 9.53 Å². The van der Waals surface area contributed by atoms with Crippen LogP contribution >= 0.6 is 0 Å². The predicted molar refractivity (Wildman–Crippen MR) is 73.5 cm³/mol. The number of para-hydroxylation sites is 1. The van der Waals surface area contributed by atoms with E-state index in [1.165, 1.54) is 0 Å². The van der Waals surface area contributed by atoms with Crippen LogP contribution in [0.4, 0.5) is 0 Å². The van der Waals surface area contributed by atoms with Gasteiger partial charge in [-0.1, -0.05) is 30.4 Å². The van der Waals surface area contributed by atoms with Gasteiger partial charge in [-0.25, -0.2) is 0 Å². The third-order valence-corrected chi connectivity index (χ3v) is 2.65. The minimum Gasteiger partial charge on any atom is -0.488 e. The fourth-order valence-electron chi connectivity index (χ4n) is 1.84. The first kappa shape index (κ1) is 12.4. The molecule has 1 aliphatic rings. The van der Waals surface area contributed by atoms with E-state index in [9.17, 15) is 4.79 Å². The number of rotatable bonds is 3. The average Bonchev–Trinajstić information content (AvgIpc) is 2.35. The summed E-state index contributed by atoms with van der Waals surface area (Å²) >= 11 is 0. The number of ether oxygens (including phenoxy) is 1. The van der Waals surface area contributed by atoms with Crippen LogP contribution in [-0.4, -0.2) is 12.4 Å². The monoisotopic (exact) mass is 240 g/mol. The number of benzene rings is 1. The highest BCUT2D eigenvalue weighted by molar-refractivity contribution is 5.88. The van der Waals surface area contributed by atoms with Gasteiger partial charge in [0.25, 0.3) is 0 Å². The van der Waals surface area contributed by atoms with Gasteiger partial charge in [0.05, 0.1) is 0 Å². The van der Waals surface area contributed by atoms with Gasteiger partial charge in [-0.3, -0.25) is 4.79 Å². The molecule has 0 N–H and O–H groups in total. The maximum absolute atomic E-state index is 10.9. The van der Waals surface area contributed by atoms with E-state index in [0.29, 0.717) is 6.61 Å². The molecule has 1 aromatic rings. The number of allylic oxidation sites excluding steroid dienone is 3.